The molecule has 0 saturated heterocycles. The van der Waals surface area contributed by atoms with Gasteiger partial charge in [-0.1, -0.05) is 24.3 Å². The van der Waals surface area contributed by atoms with E-state index in [1.54, 1.807) is 23.6 Å². The number of carboxylic acids is 1. The molecular formula is C21H20N4O6S2. The van der Waals surface area contributed by atoms with E-state index in [1.807, 2.05) is 0 Å². The van der Waals surface area contributed by atoms with Crippen LogP contribution in [-0.2, 0) is 14.8 Å². The van der Waals surface area contributed by atoms with Crippen LogP contribution in [0.1, 0.15) is 20.7 Å². The van der Waals surface area contributed by atoms with Crippen LogP contribution in [0, 0.1) is 0 Å². The molecule has 0 fully saturated rings. The van der Waals surface area contributed by atoms with E-state index in [0.717, 1.165) is 15.6 Å². The molecule has 172 valence electrons. The van der Waals surface area contributed by atoms with Crippen LogP contribution < -0.4 is 10.6 Å². The van der Waals surface area contributed by atoms with Crippen LogP contribution in [0.5, 0.6) is 0 Å². The Morgan fingerprint density at radius 3 is 2.52 bits per heavy atom. The molecule has 0 atom stereocenters. The van der Waals surface area contributed by atoms with Gasteiger partial charge in [0, 0.05) is 30.6 Å². The summed E-state index contributed by atoms with van der Waals surface area (Å²) in [6.07, 6.45) is 0. The van der Waals surface area contributed by atoms with Crippen molar-refractivity contribution in [2.75, 3.05) is 26.0 Å². The molecule has 0 aliphatic rings. The molecule has 10 nitrogen and oxygen atoms in total. The van der Waals surface area contributed by atoms with Gasteiger partial charge in [0.2, 0.25) is 15.9 Å². The SMILES string of the molecule is CN(C)S(=O)(=O)c1cccc(C(=O)NCC(=O)Nc2nc(-c3ccccc3C(=O)O)cs2)c1. The molecule has 2 amide bonds. The van der Waals surface area contributed by atoms with Crippen molar-refractivity contribution in [3.63, 3.8) is 0 Å². The number of aromatic carboxylic acids is 1. The largest absolute Gasteiger partial charge is 0.478 e. The van der Waals surface area contributed by atoms with Crippen LogP contribution in [-0.4, -0.2) is 61.2 Å². The molecule has 2 aromatic carbocycles. The van der Waals surface area contributed by atoms with E-state index in [-0.39, 0.29) is 27.7 Å². The highest BCUT2D eigenvalue weighted by Gasteiger charge is 2.19. The molecule has 3 rings (SSSR count). The number of sulfonamides is 1. The maximum atomic E-state index is 12.4. The summed E-state index contributed by atoms with van der Waals surface area (Å²) in [6, 6.07) is 11.9. The Labute approximate surface area is 193 Å². The third-order valence-corrected chi connectivity index (χ3v) is 7.04. The Morgan fingerprint density at radius 1 is 1.09 bits per heavy atom. The van der Waals surface area contributed by atoms with Gasteiger partial charge in [-0.15, -0.1) is 11.3 Å². The van der Waals surface area contributed by atoms with Gasteiger partial charge in [0.15, 0.2) is 5.13 Å². The van der Waals surface area contributed by atoms with Crippen LogP contribution in [0.2, 0.25) is 0 Å². The van der Waals surface area contributed by atoms with Gasteiger partial charge in [0.25, 0.3) is 5.91 Å². The number of nitrogens with zero attached hydrogens (tertiary/aromatic N) is 2. The lowest BCUT2D eigenvalue weighted by Crippen LogP contribution is -2.33. The molecule has 3 aromatic rings. The Balaban J connectivity index is 1.63. The molecule has 0 spiro atoms. The van der Waals surface area contributed by atoms with E-state index in [1.165, 1.54) is 44.4 Å². The zero-order chi connectivity index (χ0) is 24.2. The van der Waals surface area contributed by atoms with E-state index in [9.17, 15) is 27.9 Å². The summed E-state index contributed by atoms with van der Waals surface area (Å²) in [4.78, 5) is 40.2. The summed E-state index contributed by atoms with van der Waals surface area (Å²) in [5.41, 5.74) is 0.998. The van der Waals surface area contributed by atoms with Crippen molar-refractivity contribution in [2.45, 2.75) is 4.90 Å². The first-order valence-corrected chi connectivity index (χ1v) is 11.8. The second kappa shape index (κ2) is 9.90. The molecule has 0 aliphatic heterocycles. The van der Waals surface area contributed by atoms with Crippen molar-refractivity contribution < 1.29 is 27.9 Å². The summed E-state index contributed by atoms with van der Waals surface area (Å²) in [7, 11) is -0.932. The zero-order valence-electron chi connectivity index (χ0n) is 17.6. The van der Waals surface area contributed by atoms with Crippen LogP contribution in [0.15, 0.2) is 58.8 Å². The number of anilines is 1. The summed E-state index contributed by atoms with van der Waals surface area (Å²) < 4.78 is 25.5. The van der Waals surface area contributed by atoms with Gasteiger partial charge in [-0.25, -0.2) is 22.5 Å². The standard InChI is InChI=1S/C21H20N4O6S2/c1-25(2)33(30,31)14-7-5-6-13(10-14)19(27)22-11-18(26)24-21-23-17(12-32-21)15-8-3-4-9-16(15)20(28)29/h3-10,12H,11H2,1-2H3,(H,22,27)(H,28,29)(H,23,24,26). The van der Waals surface area contributed by atoms with Gasteiger partial charge in [-0.05, 0) is 24.3 Å². The fraction of sp³-hybridized carbons (Fsp3) is 0.143. The van der Waals surface area contributed by atoms with Crippen LogP contribution in [0.3, 0.4) is 0 Å². The average molecular weight is 489 g/mol. The highest BCUT2D eigenvalue weighted by Crippen LogP contribution is 2.27. The lowest BCUT2D eigenvalue weighted by molar-refractivity contribution is -0.115. The Hall–Kier alpha value is -3.61. The van der Waals surface area contributed by atoms with Crippen molar-refractivity contribution in [2.24, 2.45) is 0 Å². The Kier molecular flexibility index (Phi) is 7.21. The fourth-order valence-electron chi connectivity index (χ4n) is 2.78. The third kappa shape index (κ3) is 5.61. The molecule has 3 N–H and O–H groups in total. The molecule has 0 aliphatic carbocycles. The van der Waals surface area contributed by atoms with Crippen LogP contribution in [0.4, 0.5) is 5.13 Å². The minimum absolute atomic E-state index is 0.0402. The monoisotopic (exact) mass is 488 g/mol. The minimum Gasteiger partial charge on any atom is -0.478 e. The molecular weight excluding hydrogens is 468 g/mol. The number of carbonyl (C=O) groups excluding carboxylic acids is 2. The number of hydrogen-bond acceptors (Lipinski definition) is 7. The van der Waals surface area contributed by atoms with E-state index in [2.05, 4.69) is 15.6 Å². The van der Waals surface area contributed by atoms with Gasteiger partial charge >= 0.3 is 5.97 Å². The lowest BCUT2D eigenvalue weighted by Gasteiger charge is -2.12. The van der Waals surface area contributed by atoms with Crippen molar-refractivity contribution in [1.82, 2.24) is 14.6 Å². The lowest BCUT2D eigenvalue weighted by atomic mass is 10.1. The van der Waals surface area contributed by atoms with E-state index < -0.39 is 27.8 Å². The summed E-state index contributed by atoms with van der Waals surface area (Å²) in [5, 5.41) is 16.1. The van der Waals surface area contributed by atoms with E-state index in [0.29, 0.717) is 11.3 Å². The van der Waals surface area contributed by atoms with Crippen molar-refractivity contribution >= 4 is 44.3 Å². The Morgan fingerprint density at radius 2 is 1.82 bits per heavy atom. The molecule has 12 heteroatoms. The first kappa shape index (κ1) is 24.0. The second-order valence-electron chi connectivity index (χ2n) is 6.93. The number of aromatic nitrogens is 1. The predicted molar refractivity (Wildman–Crippen MR) is 123 cm³/mol. The maximum Gasteiger partial charge on any atom is 0.336 e. The number of carboxylic acid groups (broad SMARTS) is 1. The number of amides is 2. The molecule has 0 bridgehead atoms. The minimum atomic E-state index is -3.70. The Bertz CT molecular complexity index is 1320. The molecule has 1 aromatic heterocycles. The quantitative estimate of drug-likeness (QED) is 0.440. The third-order valence-electron chi connectivity index (χ3n) is 4.47. The van der Waals surface area contributed by atoms with Crippen molar-refractivity contribution in [3.8, 4) is 11.3 Å². The van der Waals surface area contributed by atoms with Gasteiger partial charge < -0.3 is 15.7 Å². The first-order valence-electron chi connectivity index (χ1n) is 9.48. The second-order valence-corrected chi connectivity index (χ2v) is 9.94. The molecule has 0 unspecified atom stereocenters. The van der Waals surface area contributed by atoms with Crippen molar-refractivity contribution in [1.29, 1.82) is 0 Å². The first-order chi connectivity index (χ1) is 15.6. The van der Waals surface area contributed by atoms with Gasteiger partial charge in [0.05, 0.1) is 22.7 Å². The van der Waals surface area contributed by atoms with Gasteiger partial charge in [-0.3, -0.25) is 9.59 Å². The number of thiazole rings is 1. The van der Waals surface area contributed by atoms with E-state index >= 15 is 0 Å². The highest BCUT2D eigenvalue weighted by atomic mass is 32.2. The number of benzene rings is 2. The topological polar surface area (TPSA) is 146 Å². The van der Waals surface area contributed by atoms with Gasteiger partial charge in [0.1, 0.15) is 0 Å². The highest BCUT2D eigenvalue weighted by molar-refractivity contribution is 7.89. The van der Waals surface area contributed by atoms with E-state index in [4.69, 9.17) is 0 Å². The maximum absolute atomic E-state index is 12.4. The normalized spacial score (nSPS) is 11.2. The average Bonchev–Trinajstić information content (AvgIpc) is 3.25. The predicted octanol–water partition coefficient (Wildman–Crippen LogP) is 2.13. The molecule has 33 heavy (non-hydrogen) atoms. The number of rotatable bonds is 8. The molecule has 0 radical (unpaired) electrons. The molecule has 0 saturated carbocycles. The van der Waals surface area contributed by atoms with Crippen LogP contribution >= 0.6 is 11.3 Å². The zero-order valence-corrected chi connectivity index (χ0v) is 19.2. The van der Waals surface area contributed by atoms with Crippen LogP contribution in [0.25, 0.3) is 11.3 Å². The summed E-state index contributed by atoms with van der Waals surface area (Å²) in [6.45, 7) is -0.371. The number of nitrogens with one attached hydrogen (secondary N) is 2. The molecule has 1 heterocycles. The van der Waals surface area contributed by atoms with Gasteiger partial charge in [-0.2, -0.15) is 0 Å². The smallest absolute Gasteiger partial charge is 0.336 e. The number of carbonyl (C=O) groups is 3. The fourth-order valence-corrected chi connectivity index (χ4v) is 4.46. The number of hydrogen-bond donors (Lipinski definition) is 3. The summed E-state index contributed by atoms with van der Waals surface area (Å²) >= 11 is 1.11. The summed E-state index contributed by atoms with van der Waals surface area (Å²) in [5.74, 6) is -2.25. The van der Waals surface area contributed by atoms with Crippen molar-refractivity contribution in [3.05, 3.63) is 65.0 Å².